The van der Waals surface area contributed by atoms with Crippen molar-refractivity contribution >= 4 is 0 Å². The molecule has 0 saturated heterocycles. The molecule has 2 atom stereocenters. The van der Waals surface area contributed by atoms with Crippen molar-refractivity contribution in [2.24, 2.45) is 11.7 Å². The summed E-state index contributed by atoms with van der Waals surface area (Å²) in [5.41, 5.74) is 7.98. The summed E-state index contributed by atoms with van der Waals surface area (Å²) in [7, 11) is 0. The van der Waals surface area contributed by atoms with Gasteiger partial charge in [-0.15, -0.1) is 0 Å². The summed E-state index contributed by atoms with van der Waals surface area (Å²) in [4.78, 5) is 4.70. The van der Waals surface area contributed by atoms with Gasteiger partial charge in [0.25, 0.3) is 0 Å². The van der Waals surface area contributed by atoms with Crippen LogP contribution in [0.4, 0.5) is 0 Å². The summed E-state index contributed by atoms with van der Waals surface area (Å²) >= 11 is 0. The lowest BCUT2D eigenvalue weighted by atomic mass is 9.88. The van der Waals surface area contributed by atoms with Crippen LogP contribution < -0.4 is 10.5 Å². The highest BCUT2D eigenvalue weighted by Gasteiger charge is 2.24. The van der Waals surface area contributed by atoms with Crippen molar-refractivity contribution in [1.29, 1.82) is 0 Å². The minimum atomic E-state index is 0.0153. The maximum atomic E-state index is 6.18. The van der Waals surface area contributed by atoms with Crippen LogP contribution in [0.5, 0.6) is 5.88 Å². The SMILES string of the molecule is CC1CCCCC1Oc1cc(CN)cc(C(C)(C)C)n1. The van der Waals surface area contributed by atoms with Crippen LogP contribution in [0.15, 0.2) is 12.1 Å². The van der Waals surface area contributed by atoms with Crippen molar-refractivity contribution in [2.45, 2.75) is 71.4 Å². The normalized spacial score (nSPS) is 23.6. The summed E-state index contributed by atoms with van der Waals surface area (Å²) in [5, 5.41) is 0. The van der Waals surface area contributed by atoms with Crippen molar-refractivity contribution in [1.82, 2.24) is 4.98 Å². The summed E-state index contributed by atoms with van der Waals surface area (Å²) in [6.45, 7) is 9.32. The highest BCUT2D eigenvalue weighted by Crippen LogP contribution is 2.29. The van der Waals surface area contributed by atoms with Crippen LogP contribution in [-0.4, -0.2) is 11.1 Å². The summed E-state index contributed by atoms with van der Waals surface area (Å²) < 4.78 is 6.18. The Morgan fingerprint density at radius 1 is 1.25 bits per heavy atom. The fourth-order valence-electron chi connectivity index (χ4n) is 2.73. The Labute approximate surface area is 122 Å². The number of ether oxygens (including phenoxy) is 1. The van der Waals surface area contributed by atoms with Gasteiger partial charge in [-0.25, -0.2) is 4.98 Å². The van der Waals surface area contributed by atoms with E-state index >= 15 is 0 Å². The number of rotatable bonds is 3. The monoisotopic (exact) mass is 276 g/mol. The Kier molecular flexibility index (Phi) is 4.69. The number of aromatic nitrogens is 1. The third-order valence-corrected chi connectivity index (χ3v) is 4.17. The molecule has 20 heavy (non-hydrogen) atoms. The topological polar surface area (TPSA) is 48.1 Å². The quantitative estimate of drug-likeness (QED) is 0.913. The molecule has 3 heteroatoms. The fourth-order valence-corrected chi connectivity index (χ4v) is 2.73. The second kappa shape index (κ2) is 6.13. The first-order chi connectivity index (χ1) is 9.40. The molecule has 1 heterocycles. The molecule has 2 N–H and O–H groups in total. The minimum Gasteiger partial charge on any atom is -0.474 e. The van der Waals surface area contributed by atoms with E-state index < -0.39 is 0 Å². The second-order valence-electron chi connectivity index (χ2n) is 7.07. The standard InChI is InChI=1S/C17H28N2O/c1-12-7-5-6-8-14(12)20-16-10-13(11-18)9-15(19-16)17(2,3)4/h9-10,12,14H,5-8,11,18H2,1-4H3. The van der Waals surface area contributed by atoms with Crippen LogP contribution in [0.3, 0.4) is 0 Å². The predicted octanol–water partition coefficient (Wildman–Crippen LogP) is 3.80. The van der Waals surface area contributed by atoms with Crippen molar-refractivity contribution in [3.63, 3.8) is 0 Å². The maximum absolute atomic E-state index is 6.18. The second-order valence-corrected chi connectivity index (χ2v) is 7.07. The smallest absolute Gasteiger partial charge is 0.214 e. The molecule has 0 aliphatic heterocycles. The molecule has 0 amide bonds. The lowest BCUT2D eigenvalue weighted by molar-refractivity contribution is 0.0970. The molecule has 1 aliphatic rings. The number of hydrogen-bond acceptors (Lipinski definition) is 3. The van der Waals surface area contributed by atoms with Crippen molar-refractivity contribution in [2.75, 3.05) is 0 Å². The Hall–Kier alpha value is -1.09. The van der Waals surface area contributed by atoms with Crippen LogP contribution in [0, 0.1) is 5.92 Å². The van der Waals surface area contributed by atoms with Crippen LogP contribution >= 0.6 is 0 Å². The van der Waals surface area contributed by atoms with Gasteiger partial charge in [0.1, 0.15) is 6.10 Å². The first-order valence-corrected chi connectivity index (χ1v) is 7.78. The molecule has 0 aromatic carbocycles. The molecule has 1 saturated carbocycles. The third-order valence-electron chi connectivity index (χ3n) is 4.17. The Morgan fingerprint density at radius 3 is 2.55 bits per heavy atom. The number of hydrogen-bond donors (Lipinski definition) is 1. The van der Waals surface area contributed by atoms with Gasteiger partial charge in [-0.1, -0.05) is 34.1 Å². The van der Waals surface area contributed by atoms with Crippen LogP contribution in [0.1, 0.15) is 64.6 Å². The summed E-state index contributed by atoms with van der Waals surface area (Å²) in [6, 6.07) is 4.09. The molecular formula is C17H28N2O. The van der Waals surface area contributed by atoms with E-state index in [4.69, 9.17) is 15.5 Å². The van der Waals surface area contributed by atoms with E-state index in [2.05, 4.69) is 33.8 Å². The molecule has 1 aromatic heterocycles. The maximum Gasteiger partial charge on any atom is 0.214 e. The van der Waals surface area contributed by atoms with Gasteiger partial charge < -0.3 is 10.5 Å². The molecule has 2 unspecified atom stereocenters. The van der Waals surface area contributed by atoms with E-state index in [0.29, 0.717) is 18.6 Å². The van der Waals surface area contributed by atoms with E-state index in [1.807, 2.05) is 6.07 Å². The van der Waals surface area contributed by atoms with Crippen molar-refractivity contribution in [3.05, 3.63) is 23.4 Å². The molecule has 112 valence electrons. The van der Waals surface area contributed by atoms with Gasteiger partial charge in [0, 0.05) is 18.0 Å². The number of nitrogens with two attached hydrogens (primary N) is 1. The van der Waals surface area contributed by atoms with Gasteiger partial charge in [-0.05, 0) is 36.8 Å². The average molecular weight is 276 g/mol. The van der Waals surface area contributed by atoms with Gasteiger partial charge in [0.05, 0.1) is 5.69 Å². The van der Waals surface area contributed by atoms with Crippen LogP contribution in [0.2, 0.25) is 0 Å². The Morgan fingerprint density at radius 2 is 1.95 bits per heavy atom. The first kappa shape index (κ1) is 15.3. The minimum absolute atomic E-state index is 0.0153. The molecule has 2 rings (SSSR count). The third kappa shape index (κ3) is 3.72. The highest BCUT2D eigenvalue weighted by atomic mass is 16.5. The first-order valence-electron chi connectivity index (χ1n) is 7.78. The highest BCUT2D eigenvalue weighted by molar-refractivity contribution is 5.28. The molecule has 0 radical (unpaired) electrons. The molecule has 1 fully saturated rings. The van der Waals surface area contributed by atoms with Crippen molar-refractivity contribution < 1.29 is 4.74 Å². The Balaban J connectivity index is 2.22. The molecule has 1 aliphatic carbocycles. The van der Waals surface area contributed by atoms with E-state index in [9.17, 15) is 0 Å². The average Bonchev–Trinajstić information content (AvgIpc) is 2.40. The van der Waals surface area contributed by atoms with Crippen LogP contribution in [-0.2, 0) is 12.0 Å². The van der Waals surface area contributed by atoms with E-state index in [1.54, 1.807) is 0 Å². The van der Waals surface area contributed by atoms with Crippen molar-refractivity contribution in [3.8, 4) is 5.88 Å². The molecule has 3 nitrogen and oxygen atoms in total. The lowest BCUT2D eigenvalue weighted by Gasteiger charge is -2.29. The molecule has 0 spiro atoms. The molecule has 0 bridgehead atoms. The van der Waals surface area contributed by atoms with Gasteiger partial charge in [-0.3, -0.25) is 0 Å². The van der Waals surface area contributed by atoms with Gasteiger partial charge in [0.2, 0.25) is 5.88 Å². The molecule has 1 aromatic rings. The van der Waals surface area contributed by atoms with Gasteiger partial charge in [-0.2, -0.15) is 0 Å². The molecular weight excluding hydrogens is 248 g/mol. The zero-order valence-electron chi connectivity index (χ0n) is 13.3. The lowest BCUT2D eigenvalue weighted by Crippen LogP contribution is -2.29. The summed E-state index contributed by atoms with van der Waals surface area (Å²) in [6.07, 6.45) is 5.29. The fraction of sp³-hybridized carbons (Fsp3) is 0.706. The Bertz CT molecular complexity index is 451. The zero-order valence-corrected chi connectivity index (χ0v) is 13.3. The largest absolute Gasteiger partial charge is 0.474 e. The van der Waals surface area contributed by atoms with E-state index in [1.165, 1.54) is 19.3 Å². The van der Waals surface area contributed by atoms with Gasteiger partial charge >= 0.3 is 0 Å². The summed E-state index contributed by atoms with van der Waals surface area (Å²) in [5.74, 6) is 1.36. The van der Waals surface area contributed by atoms with E-state index in [-0.39, 0.29) is 5.41 Å². The zero-order chi connectivity index (χ0) is 14.8. The number of pyridine rings is 1. The number of nitrogens with zero attached hydrogens (tertiary/aromatic N) is 1. The predicted molar refractivity (Wildman–Crippen MR) is 82.9 cm³/mol. The van der Waals surface area contributed by atoms with E-state index in [0.717, 1.165) is 23.6 Å². The van der Waals surface area contributed by atoms with Crippen LogP contribution in [0.25, 0.3) is 0 Å². The van der Waals surface area contributed by atoms with Gasteiger partial charge in [0.15, 0.2) is 0 Å².